The van der Waals surface area contributed by atoms with E-state index in [0.717, 1.165) is 109 Å². The number of hydrogen-bond acceptors (Lipinski definition) is 10. The maximum atomic E-state index is 13.5. The Morgan fingerprint density at radius 3 is 1.29 bits per heavy atom. The minimum Gasteiger partial charge on any atom is -0.454 e. The number of ether oxygens (including phenoxy) is 3. The van der Waals surface area contributed by atoms with Crippen LogP contribution in [-0.2, 0) is 23.8 Å². The van der Waals surface area contributed by atoms with Gasteiger partial charge in [0.15, 0.2) is 12.4 Å². The Balaban J connectivity index is 2.58. The summed E-state index contributed by atoms with van der Waals surface area (Å²) in [6, 6.07) is -1.03. The van der Waals surface area contributed by atoms with Crippen molar-refractivity contribution in [3.05, 3.63) is 97.2 Å². The standard InChI is InChI=1S/C74H129NO10/c1-4-7-10-13-16-19-22-24-26-28-30-32-33-34-36-37-39-41-43-46-49-52-55-58-61-67(78)73(82)75-65(66(77)60-57-54-51-48-45-21-18-15-12-9-6-3)64-83-74-72(71(81)70(80)68(63-76)84-74)85-69(79)62-59-56-53-50-47-44-42-40-38-35-31-29-27-25-23-20-17-14-11-8-5-2/h8,11,16-17,19-20,24-27,31,35,40,42,57,60,65-68,70-72,74,76-78,80-81H,4-7,9-10,12-15,18,21-23,28-30,32-34,36-39,41,43-56,58-59,61-64H2,1-3H3,(H,75,82)/b11-8-,19-16-,20-17-,26-24-,27-25-,35-31-,42-40-,60-57+. The van der Waals surface area contributed by atoms with Gasteiger partial charge in [0, 0.05) is 6.42 Å². The van der Waals surface area contributed by atoms with Crippen molar-refractivity contribution in [2.75, 3.05) is 13.2 Å². The zero-order valence-electron chi connectivity index (χ0n) is 54.5. The van der Waals surface area contributed by atoms with Crippen molar-refractivity contribution < 1.29 is 49.3 Å². The fraction of sp³-hybridized carbons (Fsp3) is 0.757. The van der Waals surface area contributed by atoms with E-state index in [1.165, 1.54) is 141 Å². The summed E-state index contributed by atoms with van der Waals surface area (Å²) in [5.41, 5.74) is 0. The molecule has 0 spiro atoms. The van der Waals surface area contributed by atoms with Crippen molar-refractivity contribution in [2.24, 2.45) is 0 Å². The van der Waals surface area contributed by atoms with Gasteiger partial charge in [-0.2, -0.15) is 0 Å². The Bertz CT molecular complexity index is 1750. The summed E-state index contributed by atoms with van der Waals surface area (Å²) >= 11 is 0. The first kappa shape index (κ1) is 79.6. The highest BCUT2D eigenvalue weighted by Gasteiger charge is 2.47. The summed E-state index contributed by atoms with van der Waals surface area (Å²) in [4.78, 5) is 26.7. The topological polar surface area (TPSA) is 175 Å². The van der Waals surface area contributed by atoms with E-state index in [9.17, 15) is 35.1 Å². The minimum atomic E-state index is -1.63. The van der Waals surface area contributed by atoms with Gasteiger partial charge in [-0.05, 0) is 103 Å². The normalized spacial score (nSPS) is 19.0. The third-order valence-corrected chi connectivity index (χ3v) is 16.0. The molecule has 1 amide bonds. The monoisotopic (exact) mass is 1190 g/mol. The number of carbonyl (C=O) groups is 2. The van der Waals surface area contributed by atoms with Gasteiger partial charge in [-0.25, -0.2) is 0 Å². The number of allylic oxidation sites excluding steroid dienone is 15. The summed E-state index contributed by atoms with van der Waals surface area (Å²) in [5, 5.41) is 57.2. The molecule has 1 fully saturated rings. The van der Waals surface area contributed by atoms with Crippen LogP contribution in [0.25, 0.3) is 0 Å². The fourth-order valence-corrected chi connectivity index (χ4v) is 10.5. The van der Waals surface area contributed by atoms with Gasteiger partial charge in [-0.1, -0.05) is 285 Å². The molecular formula is C74H129NO10. The molecule has 0 radical (unpaired) electrons. The molecule has 11 heteroatoms. The van der Waals surface area contributed by atoms with Gasteiger partial charge in [0.2, 0.25) is 5.91 Å². The van der Waals surface area contributed by atoms with E-state index in [1.807, 2.05) is 6.08 Å². The number of hydrogen-bond donors (Lipinski definition) is 6. The molecule has 1 aliphatic rings. The SMILES string of the molecule is CC/C=C\C/C=C\C/C=C\C/C=C\C/C=C\CCCCCCCC(=O)OC1C(OCC(NC(=O)C(O)CCCCCCCCCCCCCCCC/C=C\C/C=C\CCCCC)C(O)/C=C/CCCCCCCCCCC)OC(CO)C(O)C1O. The van der Waals surface area contributed by atoms with Crippen molar-refractivity contribution in [2.45, 2.75) is 346 Å². The molecule has 1 rings (SSSR count). The molecule has 8 unspecified atom stereocenters. The lowest BCUT2D eigenvalue weighted by Gasteiger charge is -2.41. The lowest BCUT2D eigenvalue weighted by atomic mass is 9.99. The van der Waals surface area contributed by atoms with E-state index < -0.39 is 67.4 Å². The zero-order chi connectivity index (χ0) is 61.7. The zero-order valence-corrected chi connectivity index (χ0v) is 54.5. The maximum Gasteiger partial charge on any atom is 0.306 e. The van der Waals surface area contributed by atoms with Crippen molar-refractivity contribution in [1.29, 1.82) is 0 Å². The summed E-state index contributed by atoms with van der Waals surface area (Å²) in [5.74, 6) is -1.21. The minimum absolute atomic E-state index is 0.0979. The van der Waals surface area contributed by atoms with Crippen LogP contribution in [-0.4, -0.2) is 99.6 Å². The van der Waals surface area contributed by atoms with Crippen LogP contribution < -0.4 is 5.32 Å². The summed E-state index contributed by atoms with van der Waals surface area (Å²) < 4.78 is 17.7. The van der Waals surface area contributed by atoms with Crippen LogP contribution in [0.15, 0.2) is 97.2 Å². The Morgan fingerprint density at radius 1 is 0.471 bits per heavy atom. The summed E-state index contributed by atoms with van der Waals surface area (Å²) in [6.07, 6.45) is 71.6. The van der Waals surface area contributed by atoms with Crippen molar-refractivity contribution in [1.82, 2.24) is 5.32 Å². The van der Waals surface area contributed by atoms with Crippen LogP contribution in [0.3, 0.4) is 0 Å². The average Bonchev–Trinajstić information content (AvgIpc) is 2.91. The molecular weight excluding hydrogens is 1060 g/mol. The fourth-order valence-electron chi connectivity index (χ4n) is 10.5. The molecule has 1 aliphatic heterocycles. The molecule has 1 saturated heterocycles. The molecule has 0 saturated carbocycles. The van der Waals surface area contributed by atoms with Gasteiger partial charge < -0.3 is 45.1 Å². The van der Waals surface area contributed by atoms with Gasteiger partial charge >= 0.3 is 5.97 Å². The van der Waals surface area contributed by atoms with E-state index in [2.05, 4.69) is 111 Å². The van der Waals surface area contributed by atoms with E-state index in [-0.39, 0.29) is 19.4 Å². The van der Waals surface area contributed by atoms with Gasteiger partial charge in [-0.3, -0.25) is 9.59 Å². The Hall–Kier alpha value is -3.42. The van der Waals surface area contributed by atoms with Crippen LogP contribution in [0.4, 0.5) is 0 Å². The molecule has 8 atom stereocenters. The van der Waals surface area contributed by atoms with Crippen LogP contribution >= 0.6 is 0 Å². The number of unbranched alkanes of at least 4 members (excludes halogenated alkanes) is 31. The average molecular weight is 1190 g/mol. The van der Waals surface area contributed by atoms with E-state index in [4.69, 9.17) is 14.2 Å². The highest BCUT2D eigenvalue weighted by atomic mass is 16.7. The quantitative estimate of drug-likeness (QED) is 0.0195. The maximum absolute atomic E-state index is 13.5. The molecule has 0 bridgehead atoms. The second-order valence-electron chi connectivity index (χ2n) is 23.9. The number of amides is 1. The Labute approximate surface area is 520 Å². The third kappa shape index (κ3) is 48.2. The number of rotatable bonds is 59. The second kappa shape index (κ2) is 60.8. The predicted molar refractivity (Wildman–Crippen MR) is 356 cm³/mol. The lowest BCUT2D eigenvalue weighted by Crippen LogP contribution is -2.61. The number of carbonyl (C=O) groups excluding carboxylic acids is 2. The molecule has 1 heterocycles. The largest absolute Gasteiger partial charge is 0.454 e. The molecule has 490 valence electrons. The van der Waals surface area contributed by atoms with Gasteiger partial charge in [0.05, 0.1) is 25.4 Å². The highest BCUT2D eigenvalue weighted by molar-refractivity contribution is 5.80. The Morgan fingerprint density at radius 2 is 0.847 bits per heavy atom. The second-order valence-corrected chi connectivity index (χ2v) is 23.9. The smallest absolute Gasteiger partial charge is 0.306 e. The van der Waals surface area contributed by atoms with E-state index in [0.29, 0.717) is 12.8 Å². The third-order valence-electron chi connectivity index (χ3n) is 16.0. The first-order chi connectivity index (χ1) is 41.7. The summed E-state index contributed by atoms with van der Waals surface area (Å²) in [6.45, 7) is 5.66. The lowest BCUT2D eigenvalue weighted by molar-refractivity contribution is -0.305. The molecule has 6 N–H and O–H groups in total. The predicted octanol–water partition coefficient (Wildman–Crippen LogP) is 17.8. The van der Waals surface area contributed by atoms with Crippen LogP contribution in [0, 0.1) is 0 Å². The number of aliphatic hydroxyl groups excluding tert-OH is 5. The number of nitrogens with one attached hydrogen (secondary N) is 1. The Kier molecular flexibility index (Phi) is 57.0. The van der Waals surface area contributed by atoms with Crippen LogP contribution in [0.1, 0.15) is 297 Å². The number of esters is 1. The first-order valence-corrected chi connectivity index (χ1v) is 35.0. The summed E-state index contributed by atoms with van der Waals surface area (Å²) in [7, 11) is 0. The molecule has 11 nitrogen and oxygen atoms in total. The highest BCUT2D eigenvalue weighted by Crippen LogP contribution is 2.26. The van der Waals surface area contributed by atoms with Crippen molar-refractivity contribution in [3.8, 4) is 0 Å². The molecule has 85 heavy (non-hydrogen) atoms. The van der Waals surface area contributed by atoms with Gasteiger partial charge in [0.25, 0.3) is 0 Å². The van der Waals surface area contributed by atoms with E-state index in [1.54, 1.807) is 6.08 Å². The van der Waals surface area contributed by atoms with Gasteiger partial charge in [0.1, 0.15) is 24.4 Å². The molecule has 0 aromatic heterocycles. The van der Waals surface area contributed by atoms with Gasteiger partial charge in [-0.15, -0.1) is 0 Å². The van der Waals surface area contributed by atoms with Crippen LogP contribution in [0.2, 0.25) is 0 Å². The van der Waals surface area contributed by atoms with Crippen molar-refractivity contribution in [3.63, 3.8) is 0 Å². The van der Waals surface area contributed by atoms with E-state index >= 15 is 0 Å². The van der Waals surface area contributed by atoms with Crippen LogP contribution in [0.5, 0.6) is 0 Å². The van der Waals surface area contributed by atoms with Crippen molar-refractivity contribution >= 4 is 11.9 Å². The first-order valence-electron chi connectivity index (χ1n) is 35.0. The molecule has 0 aromatic rings. The number of aliphatic hydroxyl groups is 5. The molecule has 0 aromatic carbocycles. The molecule has 0 aliphatic carbocycles.